The third kappa shape index (κ3) is 5.45. The highest BCUT2D eigenvalue weighted by Crippen LogP contribution is 2.21. The van der Waals surface area contributed by atoms with Gasteiger partial charge in [0.15, 0.2) is 0 Å². The SMILES string of the molecule is COc1ccc(NC(=O)c2ccccc2NC(=O)C2CCNCC2)cc1.Cl. The number of carbonyl (C=O) groups is 2. The van der Waals surface area contributed by atoms with Crippen LogP contribution < -0.4 is 20.7 Å². The molecular formula is C20H24ClN3O3. The molecule has 1 aliphatic rings. The van der Waals surface area contributed by atoms with Crippen molar-refractivity contribution >= 4 is 35.6 Å². The predicted molar refractivity (Wildman–Crippen MR) is 109 cm³/mol. The van der Waals surface area contributed by atoms with Crippen LogP contribution >= 0.6 is 12.4 Å². The summed E-state index contributed by atoms with van der Waals surface area (Å²) in [6.07, 6.45) is 1.62. The lowest BCUT2D eigenvalue weighted by atomic mass is 9.97. The van der Waals surface area contributed by atoms with Crippen molar-refractivity contribution in [3.8, 4) is 5.75 Å². The average Bonchev–Trinajstić information content (AvgIpc) is 2.69. The molecule has 1 aliphatic heterocycles. The van der Waals surface area contributed by atoms with Crippen molar-refractivity contribution < 1.29 is 14.3 Å². The van der Waals surface area contributed by atoms with Crippen molar-refractivity contribution in [3.63, 3.8) is 0 Å². The average molecular weight is 390 g/mol. The molecule has 2 aromatic carbocycles. The van der Waals surface area contributed by atoms with Gasteiger partial charge < -0.3 is 20.7 Å². The Morgan fingerprint density at radius 3 is 2.33 bits per heavy atom. The maximum absolute atomic E-state index is 12.6. The monoisotopic (exact) mass is 389 g/mol. The standard InChI is InChI=1S/C20H23N3O3.ClH/c1-26-16-8-6-15(7-9-16)22-20(25)17-4-2-3-5-18(17)23-19(24)14-10-12-21-13-11-14;/h2-9,14,21H,10-13H2,1H3,(H,22,25)(H,23,24);1H. The largest absolute Gasteiger partial charge is 0.497 e. The van der Waals surface area contributed by atoms with Crippen LogP contribution in [0.15, 0.2) is 48.5 Å². The molecule has 6 nitrogen and oxygen atoms in total. The van der Waals surface area contributed by atoms with Gasteiger partial charge in [-0.1, -0.05) is 12.1 Å². The number of hydrogen-bond acceptors (Lipinski definition) is 4. The molecule has 144 valence electrons. The Hall–Kier alpha value is -2.57. The van der Waals surface area contributed by atoms with Gasteiger partial charge in [-0.3, -0.25) is 9.59 Å². The van der Waals surface area contributed by atoms with Crippen LogP contribution in [0.4, 0.5) is 11.4 Å². The van der Waals surface area contributed by atoms with Crippen LogP contribution in [-0.4, -0.2) is 32.0 Å². The number of halogens is 1. The van der Waals surface area contributed by atoms with E-state index in [9.17, 15) is 9.59 Å². The lowest BCUT2D eigenvalue weighted by Gasteiger charge is -2.22. The Bertz CT molecular complexity index is 774. The van der Waals surface area contributed by atoms with Gasteiger partial charge in [-0.2, -0.15) is 0 Å². The third-order valence-electron chi connectivity index (χ3n) is 4.49. The minimum atomic E-state index is -0.267. The molecular weight excluding hydrogens is 366 g/mol. The summed E-state index contributed by atoms with van der Waals surface area (Å²) in [5, 5.41) is 9.01. The number of carbonyl (C=O) groups excluding carboxylic acids is 2. The Balaban J connectivity index is 0.00000261. The minimum absolute atomic E-state index is 0. The van der Waals surface area contributed by atoms with Gasteiger partial charge in [-0.25, -0.2) is 0 Å². The number of ether oxygens (including phenoxy) is 1. The van der Waals surface area contributed by atoms with Gasteiger partial charge >= 0.3 is 0 Å². The zero-order valence-corrected chi connectivity index (χ0v) is 16.0. The second-order valence-corrected chi connectivity index (χ2v) is 6.24. The van der Waals surface area contributed by atoms with Crippen molar-refractivity contribution in [1.29, 1.82) is 0 Å². The second-order valence-electron chi connectivity index (χ2n) is 6.24. The summed E-state index contributed by atoms with van der Waals surface area (Å²) >= 11 is 0. The molecule has 0 unspecified atom stereocenters. The Labute approximate surface area is 165 Å². The molecule has 0 aliphatic carbocycles. The van der Waals surface area contributed by atoms with Crippen molar-refractivity contribution in [2.24, 2.45) is 5.92 Å². The number of para-hydroxylation sites is 1. The number of amides is 2. The molecule has 3 N–H and O–H groups in total. The van der Waals surface area contributed by atoms with E-state index in [1.54, 1.807) is 49.6 Å². The van der Waals surface area contributed by atoms with E-state index in [1.807, 2.05) is 6.07 Å². The van der Waals surface area contributed by atoms with Gasteiger partial charge in [-0.05, 0) is 62.3 Å². The van der Waals surface area contributed by atoms with Gasteiger partial charge in [0.1, 0.15) is 5.75 Å². The van der Waals surface area contributed by atoms with Crippen molar-refractivity contribution in [2.45, 2.75) is 12.8 Å². The Morgan fingerprint density at radius 1 is 1.00 bits per heavy atom. The summed E-state index contributed by atoms with van der Waals surface area (Å²) in [5.74, 6) is 0.402. The highest BCUT2D eigenvalue weighted by molar-refractivity contribution is 6.10. The zero-order valence-electron chi connectivity index (χ0n) is 15.2. The zero-order chi connectivity index (χ0) is 18.4. The molecule has 1 saturated heterocycles. The van der Waals surface area contributed by atoms with E-state index < -0.39 is 0 Å². The molecule has 0 aromatic heterocycles. The third-order valence-corrected chi connectivity index (χ3v) is 4.49. The summed E-state index contributed by atoms with van der Waals surface area (Å²) < 4.78 is 5.11. The van der Waals surface area contributed by atoms with Crippen molar-refractivity contribution in [2.75, 3.05) is 30.8 Å². The van der Waals surface area contributed by atoms with Gasteiger partial charge in [0.25, 0.3) is 5.91 Å². The number of methoxy groups -OCH3 is 1. The van der Waals surface area contributed by atoms with Crippen molar-refractivity contribution in [1.82, 2.24) is 5.32 Å². The number of rotatable bonds is 5. The maximum atomic E-state index is 12.6. The highest BCUT2D eigenvalue weighted by Gasteiger charge is 2.22. The number of piperidine rings is 1. The van der Waals surface area contributed by atoms with Crippen molar-refractivity contribution in [3.05, 3.63) is 54.1 Å². The van der Waals surface area contributed by atoms with Crippen LogP contribution in [-0.2, 0) is 4.79 Å². The van der Waals surface area contributed by atoms with E-state index >= 15 is 0 Å². The van der Waals surface area contributed by atoms with E-state index in [0.29, 0.717) is 16.9 Å². The topological polar surface area (TPSA) is 79.5 Å². The first-order chi connectivity index (χ1) is 12.7. The van der Waals surface area contributed by atoms with Crippen LogP contribution in [0.1, 0.15) is 23.2 Å². The second kappa shape index (κ2) is 9.94. The minimum Gasteiger partial charge on any atom is -0.497 e. The molecule has 7 heteroatoms. The smallest absolute Gasteiger partial charge is 0.257 e. The van der Waals surface area contributed by atoms with E-state index in [2.05, 4.69) is 16.0 Å². The maximum Gasteiger partial charge on any atom is 0.257 e. The molecule has 0 bridgehead atoms. The first-order valence-electron chi connectivity index (χ1n) is 8.73. The molecule has 1 fully saturated rings. The van der Waals surface area contributed by atoms with Gasteiger partial charge in [0.05, 0.1) is 18.4 Å². The molecule has 27 heavy (non-hydrogen) atoms. The lowest BCUT2D eigenvalue weighted by Crippen LogP contribution is -2.35. The quantitative estimate of drug-likeness (QED) is 0.733. The first-order valence-corrected chi connectivity index (χ1v) is 8.73. The van der Waals surface area contributed by atoms with E-state index in [-0.39, 0.29) is 30.1 Å². The summed E-state index contributed by atoms with van der Waals surface area (Å²) in [7, 11) is 1.59. The van der Waals surface area contributed by atoms with Crippen LogP contribution in [0.2, 0.25) is 0 Å². The molecule has 3 rings (SSSR count). The number of nitrogens with one attached hydrogen (secondary N) is 3. The van der Waals surface area contributed by atoms with E-state index in [4.69, 9.17) is 4.74 Å². The summed E-state index contributed by atoms with van der Waals surface area (Å²) in [5.41, 5.74) is 1.63. The Kier molecular flexibility index (Phi) is 7.64. The summed E-state index contributed by atoms with van der Waals surface area (Å²) in [4.78, 5) is 25.1. The van der Waals surface area contributed by atoms with Crippen LogP contribution in [0.3, 0.4) is 0 Å². The van der Waals surface area contributed by atoms with Gasteiger partial charge in [-0.15, -0.1) is 12.4 Å². The number of hydrogen-bond donors (Lipinski definition) is 3. The molecule has 0 spiro atoms. The van der Waals surface area contributed by atoms with Gasteiger partial charge in [0, 0.05) is 11.6 Å². The first kappa shape index (κ1) is 20.7. The highest BCUT2D eigenvalue weighted by atomic mass is 35.5. The van der Waals surface area contributed by atoms with Gasteiger partial charge in [0.2, 0.25) is 5.91 Å². The molecule has 0 saturated carbocycles. The molecule has 0 atom stereocenters. The van der Waals surface area contributed by atoms with Crippen LogP contribution in [0.25, 0.3) is 0 Å². The van der Waals surface area contributed by atoms with E-state index in [0.717, 1.165) is 31.7 Å². The Morgan fingerprint density at radius 2 is 1.67 bits per heavy atom. The summed E-state index contributed by atoms with van der Waals surface area (Å²) in [6, 6.07) is 14.1. The predicted octanol–water partition coefficient (Wildman–Crippen LogP) is 3.31. The fourth-order valence-corrected chi connectivity index (χ4v) is 2.98. The van der Waals surface area contributed by atoms with Crippen LogP contribution in [0.5, 0.6) is 5.75 Å². The fourth-order valence-electron chi connectivity index (χ4n) is 2.98. The molecule has 0 radical (unpaired) electrons. The van der Waals surface area contributed by atoms with Crippen LogP contribution in [0, 0.1) is 5.92 Å². The fraction of sp³-hybridized carbons (Fsp3) is 0.300. The number of benzene rings is 2. The van der Waals surface area contributed by atoms with E-state index in [1.165, 1.54) is 0 Å². The summed E-state index contributed by atoms with van der Waals surface area (Å²) in [6.45, 7) is 1.69. The molecule has 1 heterocycles. The molecule has 2 aromatic rings. The molecule has 2 amide bonds. The normalized spacial score (nSPS) is 14.0. The number of anilines is 2. The lowest BCUT2D eigenvalue weighted by molar-refractivity contribution is -0.120.